The Morgan fingerprint density at radius 3 is 2.15 bits per heavy atom. The minimum Gasteiger partial charge on any atom is -0.490 e. The fourth-order valence-corrected chi connectivity index (χ4v) is 4.84. The van der Waals surface area contributed by atoms with Gasteiger partial charge in [-0.15, -0.1) is 9.75 Å². The highest BCUT2D eigenvalue weighted by Gasteiger charge is 2.40. The van der Waals surface area contributed by atoms with Gasteiger partial charge in [0, 0.05) is 12.1 Å². The van der Waals surface area contributed by atoms with Crippen LogP contribution in [0.25, 0.3) is 11.1 Å². The lowest BCUT2D eigenvalue weighted by molar-refractivity contribution is -0.753. The second kappa shape index (κ2) is 13.9. The van der Waals surface area contributed by atoms with Crippen LogP contribution in [0.2, 0.25) is 5.02 Å². The van der Waals surface area contributed by atoms with Gasteiger partial charge in [0.05, 0.1) is 34.5 Å². The summed E-state index contributed by atoms with van der Waals surface area (Å²) >= 11 is 6.65. The first-order valence-electron chi connectivity index (χ1n) is 14.9. The minimum absolute atomic E-state index is 0.179. The van der Waals surface area contributed by atoms with Crippen LogP contribution in [0.5, 0.6) is 5.75 Å². The zero-order valence-corrected chi connectivity index (χ0v) is 27.8. The van der Waals surface area contributed by atoms with Crippen molar-refractivity contribution in [3.8, 4) is 16.9 Å². The van der Waals surface area contributed by atoms with Crippen molar-refractivity contribution < 1.29 is 42.9 Å². The van der Waals surface area contributed by atoms with Crippen molar-refractivity contribution in [2.45, 2.75) is 71.8 Å². The molecule has 1 unspecified atom stereocenters. The quantitative estimate of drug-likeness (QED) is 0.134. The number of rotatable bonds is 11. The molecule has 246 valence electrons. The lowest BCUT2D eigenvalue weighted by Crippen LogP contribution is -2.43. The van der Waals surface area contributed by atoms with Gasteiger partial charge in [-0.3, -0.25) is 9.59 Å². The predicted molar refractivity (Wildman–Crippen MR) is 168 cm³/mol. The van der Waals surface area contributed by atoms with Crippen LogP contribution in [-0.2, 0) is 32.7 Å². The number of hydrogen-bond acceptors (Lipinski definition) is 8. The molecule has 0 fully saturated rings. The van der Waals surface area contributed by atoms with Crippen molar-refractivity contribution >= 4 is 35.5 Å². The standard InChI is InChI=1S/C33H39ClN4O8/c1-32(2,3)44-30(41)27(46-38-28(39)24-11-8-9-12-25(24)29(38)40)20-43-22-13-14-23(26(34)17-22)21-18-36(7)37(19-21)16-10-15-35-31(42)45-33(4,5)6/h8-9,11-14,17-19,27H,10,15-16,20H2,1-7H3/p+1. The van der Waals surface area contributed by atoms with Gasteiger partial charge in [0.1, 0.15) is 23.6 Å². The topological polar surface area (TPSA) is 129 Å². The number of nitrogens with one attached hydrogen (secondary N) is 1. The van der Waals surface area contributed by atoms with Gasteiger partial charge in [-0.25, -0.2) is 14.4 Å². The number of hydrogen-bond donors (Lipinski definition) is 1. The summed E-state index contributed by atoms with van der Waals surface area (Å²) in [5.74, 6) is -1.82. The molecule has 2 aromatic carbocycles. The van der Waals surface area contributed by atoms with Crippen LogP contribution >= 0.6 is 11.6 Å². The summed E-state index contributed by atoms with van der Waals surface area (Å²) < 4.78 is 20.5. The first kappa shape index (κ1) is 34.5. The maximum absolute atomic E-state index is 13.0. The number of imide groups is 1. The zero-order valence-electron chi connectivity index (χ0n) is 27.1. The van der Waals surface area contributed by atoms with Crippen molar-refractivity contribution in [1.82, 2.24) is 15.1 Å². The zero-order chi connectivity index (χ0) is 33.8. The van der Waals surface area contributed by atoms with Gasteiger partial charge in [0.2, 0.25) is 12.3 Å². The average molecular weight is 656 g/mol. The van der Waals surface area contributed by atoms with Crippen molar-refractivity contribution in [3.63, 3.8) is 0 Å². The van der Waals surface area contributed by atoms with Crippen molar-refractivity contribution in [2.24, 2.45) is 7.05 Å². The fourth-order valence-electron chi connectivity index (χ4n) is 4.56. The number of aromatic nitrogens is 2. The smallest absolute Gasteiger partial charge is 0.407 e. The molecule has 0 saturated carbocycles. The number of amides is 3. The van der Waals surface area contributed by atoms with Gasteiger partial charge in [0.25, 0.3) is 11.8 Å². The summed E-state index contributed by atoms with van der Waals surface area (Å²) in [4.78, 5) is 56.3. The van der Waals surface area contributed by atoms with Crippen LogP contribution in [0.3, 0.4) is 0 Å². The highest BCUT2D eigenvalue weighted by Crippen LogP contribution is 2.31. The molecule has 1 aliphatic rings. The monoisotopic (exact) mass is 655 g/mol. The number of carbonyl (C=O) groups excluding carboxylic acids is 4. The van der Waals surface area contributed by atoms with E-state index in [1.54, 1.807) is 51.1 Å². The summed E-state index contributed by atoms with van der Waals surface area (Å²) in [7, 11) is 1.90. The Kier molecular flexibility index (Phi) is 10.4. The normalized spacial score (nSPS) is 13.8. The predicted octanol–water partition coefficient (Wildman–Crippen LogP) is 4.86. The van der Waals surface area contributed by atoms with E-state index in [1.807, 2.05) is 49.6 Å². The third-order valence-electron chi connectivity index (χ3n) is 6.56. The highest BCUT2D eigenvalue weighted by molar-refractivity contribution is 6.33. The summed E-state index contributed by atoms with van der Waals surface area (Å²) in [5, 5.41) is 3.72. The molecule has 2 heterocycles. The molecule has 0 spiro atoms. The van der Waals surface area contributed by atoms with E-state index in [1.165, 1.54) is 12.1 Å². The molecular weight excluding hydrogens is 616 g/mol. The number of benzene rings is 2. The Balaban J connectivity index is 1.40. The Bertz CT molecular complexity index is 1590. The first-order chi connectivity index (χ1) is 21.5. The molecule has 4 rings (SSSR count). The van der Waals surface area contributed by atoms with E-state index < -0.39 is 41.2 Å². The average Bonchev–Trinajstić information content (AvgIpc) is 3.43. The maximum Gasteiger partial charge on any atom is 0.407 e. The van der Waals surface area contributed by atoms with Gasteiger partial charge in [-0.2, -0.15) is 4.68 Å². The summed E-state index contributed by atoms with van der Waals surface area (Å²) in [6.45, 7) is 11.3. The lowest BCUT2D eigenvalue weighted by Gasteiger charge is -2.26. The summed E-state index contributed by atoms with van der Waals surface area (Å²) in [5.41, 5.74) is 0.561. The molecule has 1 aromatic heterocycles. The van der Waals surface area contributed by atoms with Gasteiger partial charge < -0.3 is 19.5 Å². The highest BCUT2D eigenvalue weighted by atomic mass is 35.5. The Morgan fingerprint density at radius 2 is 1.57 bits per heavy atom. The van der Waals surface area contributed by atoms with Gasteiger partial charge in [0.15, 0.2) is 7.05 Å². The Morgan fingerprint density at radius 1 is 0.935 bits per heavy atom. The third-order valence-corrected chi connectivity index (χ3v) is 6.88. The number of aryl methyl sites for hydroxylation is 2. The molecule has 3 aromatic rings. The molecule has 0 radical (unpaired) electrons. The first-order valence-corrected chi connectivity index (χ1v) is 15.2. The van der Waals surface area contributed by atoms with E-state index in [2.05, 4.69) is 5.32 Å². The van der Waals surface area contributed by atoms with Crippen LogP contribution in [0.4, 0.5) is 4.79 Å². The Hall–Kier alpha value is -4.42. The number of halogens is 1. The molecule has 46 heavy (non-hydrogen) atoms. The van der Waals surface area contributed by atoms with E-state index >= 15 is 0 Å². The number of ether oxygens (including phenoxy) is 3. The maximum atomic E-state index is 13.0. The van der Waals surface area contributed by atoms with Gasteiger partial charge in [-0.1, -0.05) is 23.7 Å². The fraction of sp³-hybridized carbons (Fsp3) is 0.424. The number of fused-ring (bicyclic) bond motifs is 1. The number of alkyl carbamates (subject to hydrolysis) is 1. The molecule has 3 amide bonds. The second-order valence-corrected chi connectivity index (χ2v) is 13.2. The molecule has 13 heteroatoms. The molecule has 1 aliphatic heterocycles. The van der Waals surface area contributed by atoms with Gasteiger partial charge >= 0.3 is 12.1 Å². The molecule has 0 saturated heterocycles. The molecule has 0 aliphatic carbocycles. The summed E-state index contributed by atoms with van der Waals surface area (Å²) in [6.07, 6.45) is 2.68. The van der Waals surface area contributed by atoms with E-state index in [-0.39, 0.29) is 17.7 Å². The summed E-state index contributed by atoms with van der Waals surface area (Å²) in [6, 6.07) is 11.4. The largest absolute Gasteiger partial charge is 0.490 e. The van der Waals surface area contributed by atoms with E-state index in [9.17, 15) is 19.2 Å². The van der Waals surface area contributed by atoms with Crippen LogP contribution in [-0.4, -0.2) is 64.1 Å². The van der Waals surface area contributed by atoms with E-state index in [0.29, 0.717) is 35.3 Å². The Labute approximate surface area is 273 Å². The molecule has 0 bridgehead atoms. The lowest BCUT2D eigenvalue weighted by atomic mass is 10.1. The number of esters is 1. The van der Waals surface area contributed by atoms with Gasteiger partial charge in [-0.05, 0) is 78.3 Å². The van der Waals surface area contributed by atoms with Crippen LogP contribution < -0.4 is 14.7 Å². The molecule has 12 nitrogen and oxygen atoms in total. The SMILES string of the molecule is C[n+]1cc(-c2ccc(OCC(ON3C(=O)c4ccccc4C3=O)C(=O)OC(C)(C)C)cc2Cl)cn1CCCNC(=O)OC(C)(C)C. The third kappa shape index (κ3) is 8.85. The number of carbonyl (C=O) groups is 4. The van der Waals surface area contributed by atoms with Crippen LogP contribution in [0.15, 0.2) is 54.9 Å². The number of nitrogens with zero attached hydrogens (tertiary/aromatic N) is 3. The number of hydroxylamine groups is 2. The van der Waals surface area contributed by atoms with Crippen LogP contribution in [0, 0.1) is 0 Å². The molecule has 1 N–H and O–H groups in total. The minimum atomic E-state index is -1.43. The van der Waals surface area contributed by atoms with Crippen molar-refractivity contribution in [2.75, 3.05) is 13.2 Å². The molecular formula is C33H40ClN4O8+. The molecule has 1 atom stereocenters. The van der Waals surface area contributed by atoms with E-state index in [0.717, 1.165) is 11.1 Å². The van der Waals surface area contributed by atoms with Crippen molar-refractivity contribution in [3.05, 3.63) is 71.0 Å². The second-order valence-electron chi connectivity index (χ2n) is 12.8. The van der Waals surface area contributed by atoms with E-state index in [4.69, 9.17) is 30.6 Å². The van der Waals surface area contributed by atoms with Crippen LogP contribution in [0.1, 0.15) is 68.7 Å². The van der Waals surface area contributed by atoms with Crippen molar-refractivity contribution in [1.29, 1.82) is 0 Å².